The summed E-state index contributed by atoms with van der Waals surface area (Å²) in [7, 11) is 1.76. The van der Waals surface area contributed by atoms with Gasteiger partial charge < -0.3 is 4.90 Å². The second-order valence-electron chi connectivity index (χ2n) is 2.26. The fourth-order valence-corrected chi connectivity index (χ4v) is 0.572. The number of carbonyl (C=O) groups is 1. The first-order valence-corrected chi connectivity index (χ1v) is 2.98. The summed E-state index contributed by atoms with van der Waals surface area (Å²) in [6.45, 7) is 6.38. The lowest BCUT2D eigenvalue weighted by Gasteiger charge is -2.12. The Morgan fingerprint density at radius 3 is 2.67 bits per heavy atom. The van der Waals surface area contributed by atoms with Crippen molar-refractivity contribution in [2.45, 2.75) is 6.92 Å². The van der Waals surface area contributed by atoms with E-state index in [4.69, 9.17) is 0 Å². The minimum atomic E-state index is 0.389. The summed E-state index contributed by atoms with van der Waals surface area (Å²) in [6, 6.07) is 0. The molecule has 1 unspecified atom stereocenters. The third kappa shape index (κ3) is 3.76. The molecule has 52 valence electrons. The summed E-state index contributed by atoms with van der Waals surface area (Å²) in [4.78, 5) is 11.7. The molecule has 0 saturated carbocycles. The summed E-state index contributed by atoms with van der Waals surface area (Å²) in [5.74, 6) is 0.389. The van der Waals surface area contributed by atoms with Crippen LogP contribution in [0.5, 0.6) is 0 Å². The lowest BCUT2D eigenvalue weighted by molar-refractivity contribution is -0.117. The van der Waals surface area contributed by atoms with Crippen LogP contribution in [0.3, 0.4) is 0 Å². The van der Waals surface area contributed by atoms with Crippen molar-refractivity contribution in [1.82, 2.24) is 4.90 Å². The largest absolute Gasteiger partial charge is 0.348 e. The molecule has 0 aromatic carbocycles. The molecule has 0 fully saturated rings. The van der Waals surface area contributed by atoms with Gasteiger partial charge in [-0.25, -0.2) is 0 Å². The fraction of sp³-hybridized carbons (Fsp3) is 0.571. The van der Waals surface area contributed by atoms with E-state index in [1.54, 1.807) is 11.9 Å². The number of hydrogen-bond donors (Lipinski definition) is 0. The van der Waals surface area contributed by atoms with Crippen molar-refractivity contribution in [3.8, 4) is 0 Å². The minimum absolute atomic E-state index is 0.389. The second kappa shape index (κ2) is 4.13. The van der Waals surface area contributed by atoms with Gasteiger partial charge in [-0.2, -0.15) is 0 Å². The molecule has 2 heteroatoms. The van der Waals surface area contributed by atoms with Crippen LogP contribution in [-0.4, -0.2) is 24.9 Å². The van der Waals surface area contributed by atoms with Crippen LogP contribution in [0.15, 0.2) is 12.7 Å². The Kier molecular flexibility index (Phi) is 3.76. The molecule has 0 radical (unpaired) electrons. The van der Waals surface area contributed by atoms with Gasteiger partial charge in [-0.3, -0.25) is 4.79 Å². The SMILES string of the molecule is C=CC(C)CN(C)C=O. The zero-order valence-corrected chi connectivity index (χ0v) is 6.00. The monoisotopic (exact) mass is 127 g/mol. The van der Waals surface area contributed by atoms with Crippen LogP contribution in [0.25, 0.3) is 0 Å². The summed E-state index contributed by atoms with van der Waals surface area (Å²) in [5.41, 5.74) is 0. The molecule has 1 atom stereocenters. The third-order valence-electron chi connectivity index (χ3n) is 1.16. The second-order valence-corrected chi connectivity index (χ2v) is 2.26. The summed E-state index contributed by atoms with van der Waals surface area (Å²) < 4.78 is 0. The highest BCUT2D eigenvalue weighted by Crippen LogP contribution is 1.95. The Hall–Kier alpha value is -0.790. The zero-order chi connectivity index (χ0) is 7.28. The van der Waals surface area contributed by atoms with Crippen molar-refractivity contribution in [3.05, 3.63) is 12.7 Å². The Bertz CT molecular complexity index is 89.1. The maximum Gasteiger partial charge on any atom is 0.209 e. The van der Waals surface area contributed by atoms with Gasteiger partial charge in [0.05, 0.1) is 0 Å². The first-order chi connectivity index (χ1) is 4.20. The molecule has 0 aromatic rings. The lowest BCUT2D eigenvalue weighted by Crippen LogP contribution is -2.21. The molecule has 9 heavy (non-hydrogen) atoms. The minimum Gasteiger partial charge on any atom is -0.348 e. The van der Waals surface area contributed by atoms with Crippen LogP contribution in [0.2, 0.25) is 0 Å². The Labute approximate surface area is 56.2 Å². The van der Waals surface area contributed by atoms with E-state index in [1.807, 2.05) is 13.0 Å². The van der Waals surface area contributed by atoms with E-state index in [0.29, 0.717) is 5.92 Å². The highest BCUT2D eigenvalue weighted by atomic mass is 16.1. The molecular weight excluding hydrogens is 114 g/mol. The van der Waals surface area contributed by atoms with Crippen molar-refractivity contribution in [1.29, 1.82) is 0 Å². The van der Waals surface area contributed by atoms with Crippen LogP contribution in [0.4, 0.5) is 0 Å². The van der Waals surface area contributed by atoms with Gasteiger partial charge in [0.1, 0.15) is 0 Å². The van der Waals surface area contributed by atoms with Crippen molar-refractivity contribution >= 4 is 6.41 Å². The molecule has 0 aliphatic rings. The lowest BCUT2D eigenvalue weighted by atomic mass is 10.2. The maximum atomic E-state index is 10.0. The van der Waals surface area contributed by atoms with Gasteiger partial charge >= 0.3 is 0 Å². The number of rotatable bonds is 4. The first-order valence-electron chi connectivity index (χ1n) is 2.98. The summed E-state index contributed by atoms with van der Waals surface area (Å²) in [5, 5.41) is 0. The van der Waals surface area contributed by atoms with E-state index in [1.165, 1.54) is 0 Å². The average Bonchev–Trinajstić information content (AvgIpc) is 1.87. The molecular formula is C7H13NO. The Morgan fingerprint density at radius 2 is 2.33 bits per heavy atom. The first kappa shape index (κ1) is 8.21. The highest BCUT2D eigenvalue weighted by Gasteiger charge is 1.97. The number of amides is 1. The summed E-state index contributed by atoms with van der Waals surface area (Å²) >= 11 is 0. The maximum absolute atomic E-state index is 10.0. The molecule has 0 heterocycles. The van der Waals surface area contributed by atoms with Crippen LogP contribution in [0, 0.1) is 5.92 Å². The van der Waals surface area contributed by atoms with E-state index in [2.05, 4.69) is 6.58 Å². The molecule has 0 spiro atoms. The Morgan fingerprint density at radius 1 is 1.78 bits per heavy atom. The molecule has 0 rings (SSSR count). The molecule has 0 aliphatic carbocycles. The Balaban J connectivity index is 3.45. The van der Waals surface area contributed by atoms with Crippen molar-refractivity contribution in [3.63, 3.8) is 0 Å². The smallest absolute Gasteiger partial charge is 0.209 e. The van der Waals surface area contributed by atoms with Crippen LogP contribution in [0.1, 0.15) is 6.92 Å². The van der Waals surface area contributed by atoms with Gasteiger partial charge in [-0.15, -0.1) is 6.58 Å². The van der Waals surface area contributed by atoms with Gasteiger partial charge in [0.25, 0.3) is 0 Å². The standard InChI is InChI=1S/C7H13NO/c1-4-7(2)5-8(3)6-9/h4,6-7H,1,5H2,2-3H3. The average molecular weight is 127 g/mol. The zero-order valence-electron chi connectivity index (χ0n) is 6.00. The van der Waals surface area contributed by atoms with Gasteiger partial charge in [-0.1, -0.05) is 13.0 Å². The van der Waals surface area contributed by atoms with Crippen molar-refractivity contribution < 1.29 is 4.79 Å². The van der Waals surface area contributed by atoms with Gasteiger partial charge in [0.15, 0.2) is 0 Å². The van der Waals surface area contributed by atoms with Gasteiger partial charge in [-0.05, 0) is 5.92 Å². The molecule has 2 nitrogen and oxygen atoms in total. The highest BCUT2D eigenvalue weighted by molar-refractivity contribution is 5.46. The van der Waals surface area contributed by atoms with Crippen LogP contribution in [-0.2, 0) is 4.79 Å². The van der Waals surface area contributed by atoms with E-state index in [9.17, 15) is 4.79 Å². The number of hydrogen-bond acceptors (Lipinski definition) is 1. The molecule has 0 aliphatic heterocycles. The molecule has 0 bridgehead atoms. The third-order valence-corrected chi connectivity index (χ3v) is 1.16. The van der Waals surface area contributed by atoms with E-state index >= 15 is 0 Å². The quantitative estimate of drug-likeness (QED) is 0.406. The number of nitrogens with zero attached hydrogens (tertiary/aromatic N) is 1. The van der Waals surface area contributed by atoms with E-state index < -0.39 is 0 Å². The van der Waals surface area contributed by atoms with Crippen LogP contribution < -0.4 is 0 Å². The molecule has 0 aromatic heterocycles. The van der Waals surface area contributed by atoms with Crippen molar-refractivity contribution in [2.75, 3.05) is 13.6 Å². The van der Waals surface area contributed by atoms with Crippen LogP contribution >= 0.6 is 0 Å². The normalized spacial score (nSPS) is 12.2. The van der Waals surface area contributed by atoms with Gasteiger partial charge in [0, 0.05) is 13.6 Å². The molecule has 1 amide bonds. The number of carbonyl (C=O) groups excluding carboxylic acids is 1. The van der Waals surface area contributed by atoms with E-state index in [-0.39, 0.29) is 0 Å². The molecule has 0 N–H and O–H groups in total. The van der Waals surface area contributed by atoms with E-state index in [0.717, 1.165) is 13.0 Å². The van der Waals surface area contributed by atoms with Crippen molar-refractivity contribution in [2.24, 2.45) is 5.92 Å². The fourth-order valence-electron chi connectivity index (χ4n) is 0.572. The topological polar surface area (TPSA) is 20.3 Å². The predicted octanol–water partition coefficient (Wildman–Crippen LogP) is 0.897. The summed E-state index contributed by atoms with van der Waals surface area (Å²) in [6.07, 6.45) is 2.65. The predicted molar refractivity (Wildman–Crippen MR) is 38.1 cm³/mol. The molecule has 0 saturated heterocycles. The van der Waals surface area contributed by atoms with Gasteiger partial charge in [0.2, 0.25) is 6.41 Å².